The van der Waals surface area contributed by atoms with E-state index in [0.29, 0.717) is 10.1 Å². The lowest BCUT2D eigenvalue weighted by atomic mass is 10.1. The van der Waals surface area contributed by atoms with E-state index >= 15 is 0 Å². The molecule has 2 aromatic carbocycles. The Hall–Kier alpha value is -2.91. The smallest absolute Gasteiger partial charge is 0.347 e. The molecule has 0 saturated heterocycles. The van der Waals surface area contributed by atoms with E-state index in [9.17, 15) is 18.0 Å². The fourth-order valence-corrected chi connectivity index (χ4v) is 3.48. The lowest BCUT2D eigenvalue weighted by Gasteiger charge is -2.11. The largest absolute Gasteiger partial charge is 0.433 e. The molecule has 31 heavy (non-hydrogen) atoms. The molecule has 0 unspecified atom stereocenters. The fraction of sp³-hybridized carbons (Fsp3) is 0.0952. The van der Waals surface area contributed by atoms with Crippen molar-refractivity contribution in [3.63, 3.8) is 0 Å². The Labute approximate surface area is 188 Å². The average Bonchev–Trinajstić information content (AvgIpc) is 3.08. The molecular weight excluding hydrogens is 497 g/mol. The molecule has 4 rings (SSSR count). The number of carbonyl (C=O) groups excluding carboxylic acids is 1. The summed E-state index contributed by atoms with van der Waals surface area (Å²) in [4.78, 5) is 16.8. The van der Waals surface area contributed by atoms with Crippen LogP contribution in [0.25, 0.3) is 16.9 Å². The lowest BCUT2D eigenvalue weighted by Crippen LogP contribution is -2.23. The minimum atomic E-state index is -4.74. The van der Waals surface area contributed by atoms with E-state index in [1.165, 1.54) is 0 Å². The van der Waals surface area contributed by atoms with Gasteiger partial charge in [0.1, 0.15) is 5.02 Å². The average molecular weight is 510 g/mol. The second kappa shape index (κ2) is 8.32. The van der Waals surface area contributed by atoms with Crippen LogP contribution in [0.15, 0.2) is 65.1 Å². The van der Waals surface area contributed by atoms with E-state index in [1.54, 1.807) is 36.4 Å². The van der Waals surface area contributed by atoms with Crippen LogP contribution in [0.5, 0.6) is 0 Å². The number of nitrogens with zero attached hydrogens (tertiary/aromatic N) is 3. The Kier molecular flexibility index (Phi) is 5.72. The van der Waals surface area contributed by atoms with Gasteiger partial charge < -0.3 is 5.32 Å². The Bertz CT molecular complexity index is 1260. The van der Waals surface area contributed by atoms with Gasteiger partial charge in [0.15, 0.2) is 17.0 Å². The molecule has 0 aliphatic heterocycles. The van der Waals surface area contributed by atoms with Crippen LogP contribution in [0.4, 0.5) is 13.2 Å². The number of alkyl halides is 3. The van der Waals surface area contributed by atoms with Gasteiger partial charge in [-0.3, -0.25) is 4.79 Å². The number of hydrogen-bond donors (Lipinski definition) is 1. The summed E-state index contributed by atoms with van der Waals surface area (Å²) in [6, 6.07) is 16.6. The molecule has 1 amide bonds. The summed E-state index contributed by atoms with van der Waals surface area (Å²) >= 11 is 9.55. The highest BCUT2D eigenvalue weighted by atomic mass is 79.9. The van der Waals surface area contributed by atoms with Crippen LogP contribution in [0.1, 0.15) is 21.7 Å². The van der Waals surface area contributed by atoms with Crippen LogP contribution in [-0.4, -0.2) is 20.5 Å². The quantitative estimate of drug-likeness (QED) is 0.380. The normalized spacial score (nSPS) is 11.6. The molecule has 0 saturated carbocycles. The van der Waals surface area contributed by atoms with Crippen LogP contribution >= 0.6 is 27.5 Å². The van der Waals surface area contributed by atoms with Crippen LogP contribution in [-0.2, 0) is 12.7 Å². The van der Waals surface area contributed by atoms with Gasteiger partial charge in [-0.05, 0) is 23.8 Å². The number of halogens is 5. The summed E-state index contributed by atoms with van der Waals surface area (Å²) in [6.45, 7) is 0.174. The Morgan fingerprint density at radius 2 is 1.77 bits per heavy atom. The van der Waals surface area contributed by atoms with Crippen molar-refractivity contribution in [3.8, 4) is 11.3 Å². The van der Waals surface area contributed by atoms with E-state index in [1.807, 2.05) is 18.2 Å². The Morgan fingerprint density at radius 3 is 2.42 bits per heavy atom. The van der Waals surface area contributed by atoms with Gasteiger partial charge in [0.2, 0.25) is 0 Å². The minimum absolute atomic E-state index is 0.0605. The van der Waals surface area contributed by atoms with Crippen LogP contribution in [0, 0.1) is 0 Å². The van der Waals surface area contributed by atoms with Crippen LogP contribution in [0.3, 0.4) is 0 Å². The predicted molar refractivity (Wildman–Crippen MR) is 114 cm³/mol. The number of carbonyl (C=O) groups is 1. The maximum absolute atomic E-state index is 13.7. The first-order valence-electron chi connectivity index (χ1n) is 8.98. The number of hydrogen-bond acceptors (Lipinski definition) is 3. The third-order valence-corrected chi connectivity index (χ3v) is 5.35. The van der Waals surface area contributed by atoms with Crippen molar-refractivity contribution < 1.29 is 18.0 Å². The summed E-state index contributed by atoms with van der Waals surface area (Å²) in [5, 5.41) is 6.18. The van der Waals surface area contributed by atoms with Crippen molar-refractivity contribution >= 4 is 39.1 Å². The molecule has 2 aromatic heterocycles. The monoisotopic (exact) mass is 508 g/mol. The van der Waals surface area contributed by atoms with Gasteiger partial charge in [0, 0.05) is 16.6 Å². The number of fused-ring (bicyclic) bond motifs is 1. The summed E-state index contributed by atoms with van der Waals surface area (Å²) in [5.41, 5.74) is -0.321. The van der Waals surface area contributed by atoms with Gasteiger partial charge in [-0.15, -0.1) is 0 Å². The first-order chi connectivity index (χ1) is 14.7. The van der Waals surface area contributed by atoms with E-state index in [2.05, 4.69) is 31.3 Å². The SMILES string of the molecule is O=C(NCc1ccccc1)c1nn2c(C(F)(F)F)cc(-c3ccc(Br)cc3)nc2c1Cl. The van der Waals surface area contributed by atoms with Gasteiger partial charge in [-0.25, -0.2) is 9.50 Å². The Morgan fingerprint density at radius 1 is 1.10 bits per heavy atom. The van der Waals surface area contributed by atoms with Crippen molar-refractivity contribution in [2.24, 2.45) is 0 Å². The van der Waals surface area contributed by atoms with Gasteiger partial charge >= 0.3 is 6.18 Å². The van der Waals surface area contributed by atoms with Crippen LogP contribution < -0.4 is 5.32 Å². The number of aromatic nitrogens is 3. The van der Waals surface area contributed by atoms with E-state index in [-0.39, 0.29) is 28.6 Å². The maximum atomic E-state index is 13.7. The Balaban J connectivity index is 1.77. The van der Waals surface area contributed by atoms with Crippen molar-refractivity contribution in [2.75, 3.05) is 0 Å². The summed E-state index contributed by atoms with van der Waals surface area (Å²) in [7, 11) is 0. The standard InChI is InChI=1S/C21H13BrClF3N4O/c22-14-8-6-13(7-9-14)15-10-16(21(24,25)26)30-19(28-15)17(23)18(29-30)20(31)27-11-12-4-2-1-3-5-12/h1-10H,11H2,(H,27,31). The second-order valence-electron chi connectivity index (χ2n) is 6.60. The molecule has 0 aliphatic rings. The van der Waals surface area contributed by atoms with Gasteiger partial charge in [-0.2, -0.15) is 18.3 Å². The molecule has 10 heteroatoms. The molecule has 0 radical (unpaired) electrons. The molecule has 0 atom stereocenters. The molecule has 0 spiro atoms. The van der Waals surface area contributed by atoms with Crippen molar-refractivity contribution in [1.29, 1.82) is 0 Å². The zero-order valence-corrected chi connectivity index (χ0v) is 18.0. The first-order valence-corrected chi connectivity index (χ1v) is 10.2. The zero-order chi connectivity index (χ0) is 22.2. The highest BCUT2D eigenvalue weighted by molar-refractivity contribution is 9.10. The van der Waals surface area contributed by atoms with Gasteiger partial charge in [0.05, 0.1) is 5.69 Å². The lowest BCUT2D eigenvalue weighted by molar-refractivity contribution is -0.142. The predicted octanol–water partition coefficient (Wildman–Crippen LogP) is 5.76. The molecule has 4 aromatic rings. The summed E-state index contributed by atoms with van der Waals surface area (Å²) in [5.74, 6) is -0.697. The maximum Gasteiger partial charge on any atom is 0.433 e. The third-order valence-electron chi connectivity index (χ3n) is 4.47. The third kappa shape index (κ3) is 4.42. The van der Waals surface area contributed by atoms with E-state index in [4.69, 9.17) is 11.6 Å². The zero-order valence-electron chi connectivity index (χ0n) is 15.6. The number of amides is 1. The molecule has 158 valence electrons. The van der Waals surface area contributed by atoms with Gasteiger partial charge in [0.25, 0.3) is 5.91 Å². The molecule has 1 N–H and O–H groups in total. The highest BCUT2D eigenvalue weighted by Crippen LogP contribution is 2.34. The van der Waals surface area contributed by atoms with Crippen molar-refractivity contribution in [3.05, 3.63) is 87.1 Å². The second-order valence-corrected chi connectivity index (χ2v) is 7.89. The fourth-order valence-electron chi connectivity index (χ4n) is 2.97. The topological polar surface area (TPSA) is 59.3 Å². The molecule has 0 aliphatic carbocycles. The first kappa shape index (κ1) is 21.3. The molecular formula is C21H13BrClF3N4O. The molecule has 0 fully saturated rings. The minimum Gasteiger partial charge on any atom is -0.347 e. The van der Waals surface area contributed by atoms with Crippen LogP contribution in [0.2, 0.25) is 5.02 Å². The number of benzene rings is 2. The summed E-state index contributed by atoms with van der Waals surface area (Å²) < 4.78 is 42.6. The summed E-state index contributed by atoms with van der Waals surface area (Å²) in [6.07, 6.45) is -4.74. The van der Waals surface area contributed by atoms with E-state index < -0.39 is 17.8 Å². The number of nitrogens with one attached hydrogen (secondary N) is 1. The van der Waals surface area contributed by atoms with E-state index in [0.717, 1.165) is 16.1 Å². The molecule has 5 nitrogen and oxygen atoms in total. The molecule has 2 heterocycles. The number of rotatable bonds is 4. The van der Waals surface area contributed by atoms with Gasteiger partial charge in [-0.1, -0.05) is 70.0 Å². The highest BCUT2D eigenvalue weighted by Gasteiger charge is 2.36. The molecule has 0 bridgehead atoms. The van der Waals surface area contributed by atoms with Crippen molar-refractivity contribution in [2.45, 2.75) is 12.7 Å². The van der Waals surface area contributed by atoms with Crippen molar-refractivity contribution in [1.82, 2.24) is 19.9 Å².